The third-order valence-electron chi connectivity index (χ3n) is 3.48. The van der Waals surface area contributed by atoms with Crippen LogP contribution in [0.25, 0.3) is 0 Å². The van der Waals surface area contributed by atoms with Crippen molar-refractivity contribution in [1.29, 1.82) is 0 Å². The van der Waals surface area contributed by atoms with E-state index in [1.807, 2.05) is 28.8 Å². The fourth-order valence-corrected chi connectivity index (χ4v) is 2.37. The minimum Gasteiger partial charge on any atom is -0.396 e. The summed E-state index contributed by atoms with van der Waals surface area (Å²) in [4.78, 5) is 16.5. The normalized spacial score (nSPS) is 13.4. The molecule has 1 aromatic heterocycles. The molecule has 0 unspecified atom stereocenters. The van der Waals surface area contributed by atoms with Gasteiger partial charge in [0, 0.05) is 31.6 Å². The summed E-state index contributed by atoms with van der Waals surface area (Å²) >= 11 is 0. The molecule has 6 heteroatoms. The molecule has 1 amide bonds. The predicted molar refractivity (Wildman–Crippen MR) is 80.5 cm³/mol. The second-order valence-electron chi connectivity index (χ2n) is 5.05. The molecule has 2 heterocycles. The van der Waals surface area contributed by atoms with Crippen molar-refractivity contribution in [1.82, 2.24) is 9.55 Å². The molecule has 0 aliphatic carbocycles. The maximum Gasteiger partial charge on any atom is 0.275 e. The lowest BCUT2D eigenvalue weighted by atomic mass is 10.1. The number of aromatic nitrogens is 2. The molecule has 0 saturated heterocycles. The lowest BCUT2D eigenvalue weighted by Gasteiger charge is -2.14. The minimum atomic E-state index is -0.214. The van der Waals surface area contributed by atoms with Crippen LogP contribution in [-0.2, 0) is 13.0 Å². The van der Waals surface area contributed by atoms with Crippen LogP contribution >= 0.6 is 0 Å². The number of benzene rings is 1. The van der Waals surface area contributed by atoms with E-state index in [9.17, 15) is 4.79 Å². The zero-order valence-corrected chi connectivity index (χ0v) is 11.7. The first-order valence-corrected chi connectivity index (χ1v) is 7.08. The number of rotatable bonds is 4. The maximum absolute atomic E-state index is 12.2. The number of carbonyl (C=O) groups is 1. The van der Waals surface area contributed by atoms with Crippen LogP contribution in [-0.4, -0.2) is 33.7 Å². The molecule has 0 saturated carbocycles. The Hall–Kier alpha value is -2.34. The third-order valence-corrected chi connectivity index (χ3v) is 3.48. The Kier molecular flexibility index (Phi) is 3.87. The lowest BCUT2D eigenvalue weighted by molar-refractivity contribution is 0.102. The zero-order valence-electron chi connectivity index (χ0n) is 11.7. The van der Waals surface area contributed by atoms with Crippen molar-refractivity contribution >= 4 is 17.5 Å². The Morgan fingerprint density at radius 2 is 2.19 bits per heavy atom. The summed E-state index contributed by atoms with van der Waals surface area (Å²) in [6.07, 6.45) is 3.43. The molecule has 1 aromatic carbocycles. The molecule has 21 heavy (non-hydrogen) atoms. The van der Waals surface area contributed by atoms with Crippen molar-refractivity contribution in [2.45, 2.75) is 19.4 Å². The first-order chi connectivity index (χ1) is 10.3. The van der Waals surface area contributed by atoms with Crippen molar-refractivity contribution in [3.05, 3.63) is 41.7 Å². The Bertz CT molecular complexity index is 610. The van der Waals surface area contributed by atoms with Crippen LogP contribution in [0, 0.1) is 0 Å². The van der Waals surface area contributed by atoms with Crippen LogP contribution in [0.15, 0.2) is 30.5 Å². The number of aryl methyl sites for hydroxylation is 1. The zero-order chi connectivity index (χ0) is 14.7. The molecule has 0 bridgehead atoms. The van der Waals surface area contributed by atoms with E-state index in [1.54, 1.807) is 6.20 Å². The SMILES string of the molecule is O=C(Nc1ccc(CCO)cc1)c1cn2c(n1)NCCC2. The quantitative estimate of drug-likeness (QED) is 0.795. The molecule has 3 N–H and O–H groups in total. The van der Waals surface area contributed by atoms with E-state index in [0.717, 1.165) is 36.7 Å². The molecule has 3 rings (SSSR count). The maximum atomic E-state index is 12.2. The van der Waals surface area contributed by atoms with Gasteiger partial charge in [-0.05, 0) is 30.5 Å². The molecule has 0 radical (unpaired) electrons. The van der Waals surface area contributed by atoms with Gasteiger partial charge in [-0.2, -0.15) is 0 Å². The molecule has 0 spiro atoms. The van der Waals surface area contributed by atoms with Crippen LogP contribution in [0.5, 0.6) is 0 Å². The lowest BCUT2D eigenvalue weighted by Crippen LogP contribution is -2.16. The second kappa shape index (κ2) is 5.97. The Morgan fingerprint density at radius 1 is 1.38 bits per heavy atom. The smallest absolute Gasteiger partial charge is 0.275 e. The van der Waals surface area contributed by atoms with E-state index in [-0.39, 0.29) is 12.5 Å². The summed E-state index contributed by atoms with van der Waals surface area (Å²) in [6.45, 7) is 1.90. The Labute approximate surface area is 122 Å². The first-order valence-electron chi connectivity index (χ1n) is 7.08. The fraction of sp³-hybridized carbons (Fsp3) is 0.333. The van der Waals surface area contributed by atoms with Crippen LogP contribution in [0.2, 0.25) is 0 Å². The average Bonchev–Trinajstić information content (AvgIpc) is 2.94. The molecular formula is C15H18N4O2. The van der Waals surface area contributed by atoms with Crippen molar-refractivity contribution in [3.8, 4) is 0 Å². The van der Waals surface area contributed by atoms with Crippen LogP contribution in [0.1, 0.15) is 22.5 Å². The highest BCUT2D eigenvalue weighted by Crippen LogP contribution is 2.16. The number of nitrogens with one attached hydrogen (secondary N) is 2. The van der Waals surface area contributed by atoms with Crippen molar-refractivity contribution in [2.24, 2.45) is 0 Å². The number of hydrogen-bond acceptors (Lipinski definition) is 4. The van der Waals surface area contributed by atoms with Crippen molar-refractivity contribution in [2.75, 3.05) is 23.8 Å². The van der Waals surface area contributed by atoms with Gasteiger partial charge < -0.3 is 20.3 Å². The van der Waals surface area contributed by atoms with Crippen molar-refractivity contribution < 1.29 is 9.90 Å². The van der Waals surface area contributed by atoms with E-state index in [1.165, 1.54) is 0 Å². The predicted octanol–water partition coefficient (Wildman–Crippen LogP) is 1.49. The van der Waals surface area contributed by atoms with Gasteiger partial charge in [0.05, 0.1) is 0 Å². The highest BCUT2D eigenvalue weighted by Gasteiger charge is 2.16. The molecule has 110 valence electrons. The largest absolute Gasteiger partial charge is 0.396 e. The van der Waals surface area contributed by atoms with E-state index >= 15 is 0 Å². The second-order valence-corrected chi connectivity index (χ2v) is 5.05. The van der Waals surface area contributed by atoms with Crippen LogP contribution < -0.4 is 10.6 Å². The van der Waals surface area contributed by atoms with E-state index in [0.29, 0.717) is 12.1 Å². The summed E-state index contributed by atoms with van der Waals surface area (Å²) in [7, 11) is 0. The van der Waals surface area contributed by atoms with Crippen LogP contribution in [0.3, 0.4) is 0 Å². The molecule has 0 fully saturated rings. The summed E-state index contributed by atoms with van der Waals surface area (Å²) in [6, 6.07) is 7.45. The number of aliphatic hydroxyl groups is 1. The molecule has 1 aliphatic rings. The summed E-state index contributed by atoms with van der Waals surface area (Å²) in [5, 5.41) is 14.9. The monoisotopic (exact) mass is 286 g/mol. The number of imidazole rings is 1. The first kappa shape index (κ1) is 13.6. The fourth-order valence-electron chi connectivity index (χ4n) is 2.37. The van der Waals surface area contributed by atoms with Crippen molar-refractivity contribution in [3.63, 3.8) is 0 Å². The number of anilines is 2. The third kappa shape index (κ3) is 3.05. The number of amides is 1. The van der Waals surface area contributed by atoms with Gasteiger partial charge in [0.25, 0.3) is 5.91 Å². The van der Waals surface area contributed by atoms with E-state index in [2.05, 4.69) is 15.6 Å². The Morgan fingerprint density at radius 3 is 2.90 bits per heavy atom. The number of nitrogens with zero attached hydrogens (tertiary/aromatic N) is 2. The van der Waals surface area contributed by atoms with Gasteiger partial charge in [-0.25, -0.2) is 4.98 Å². The molecular weight excluding hydrogens is 268 g/mol. The average molecular weight is 286 g/mol. The topological polar surface area (TPSA) is 79.2 Å². The van der Waals surface area contributed by atoms with Gasteiger partial charge in [0.15, 0.2) is 0 Å². The molecule has 1 aliphatic heterocycles. The number of fused-ring (bicyclic) bond motifs is 1. The minimum absolute atomic E-state index is 0.124. The highest BCUT2D eigenvalue weighted by molar-refractivity contribution is 6.03. The summed E-state index contributed by atoms with van der Waals surface area (Å²) in [5.74, 6) is 0.540. The molecule has 6 nitrogen and oxygen atoms in total. The summed E-state index contributed by atoms with van der Waals surface area (Å²) < 4.78 is 1.96. The highest BCUT2D eigenvalue weighted by atomic mass is 16.3. The summed E-state index contributed by atoms with van der Waals surface area (Å²) in [5.41, 5.74) is 2.18. The van der Waals surface area contributed by atoms with Gasteiger partial charge in [-0.15, -0.1) is 0 Å². The van der Waals surface area contributed by atoms with Crippen LogP contribution in [0.4, 0.5) is 11.6 Å². The number of aliphatic hydroxyl groups excluding tert-OH is 1. The van der Waals surface area contributed by atoms with Gasteiger partial charge in [-0.1, -0.05) is 12.1 Å². The van der Waals surface area contributed by atoms with Gasteiger partial charge in [-0.3, -0.25) is 4.79 Å². The van der Waals surface area contributed by atoms with Gasteiger partial charge in [0.1, 0.15) is 5.69 Å². The van der Waals surface area contributed by atoms with Gasteiger partial charge >= 0.3 is 0 Å². The van der Waals surface area contributed by atoms with Gasteiger partial charge in [0.2, 0.25) is 5.95 Å². The van der Waals surface area contributed by atoms with E-state index < -0.39 is 0 Å². The molecule has 0 atom stereocenters. The number of hydrogen-bond donors (Lipinski definition) is 3. The Balaban J connectivity index is 1.69. The standard InChI is InChI=1S/C15H18N4O2/c20-9-6-11-2-4-12(5-3-11)17-14(21)13-10-19-8-1-7-16-15(19)18-13/h2-5,10,20H,1,6-9H2,(H,16,18)(H,17,21). The molecule has 2 aromatic rings. The van der Waals surface area contributed by atoms with E-state index in [4.69, 9.17) is 5.11 Å². The number of carbonyl (C=O) groups excluding carboxylic acids is 1.